The van der Waals surface area contributed by atoms with Crippen LogP contribution in [-0.2, 0) is 0 Å². The van der Waals surface area contributed by atoms with E-state index < -0.39 is 5.91 Å². The van der Waals surface area contributed by atoms with Gasteiger partial charge in [0.2, 0.25) is 0 Å². The zero-order valence-electron chi connectivity index (χ0n) is 11.2. The number of benzene rings is 1. The van der Waals surface area contributed by atoms with Gasteiger partial charge in [0.15, 0.2) is 0 Å². The molecule has 2 rings (SSSR count). The number of nitrogens with one attached hydrogen (secondary N) is 1. The summed E-state index contributed by atoms with van der Waals surface area (Å²) < 4.78 is 5.32. The van der Waals surface area contributed by atoms with Crippen molar-refractivity contribution in [2.24, 2.45) is 0 Å². The molecule has 0 radical (unpaired) electrons. The summed E-state index contributed by atoms with van der Waals surface area (Å²) in [6, 6.07) is 6.42. The Hall–Kier alpha value is -1.98. The monoisotopic (exact) mass is 325 g/mol. The average molecular weight is 326 g/mol. The van der Waals surface area contributed by atoms with Crippen LogP contribution < -0.4 is 15.8 Å². The van der Waals surface area contributed by atoms with E-state index in [0.717, 1.165) is 0 Å². The van der Waals surface area contributed by atoms with E-state index in [1.54, 1.807) is 18.2 Å². The summed E-state index contributed by atoms with van der Waals surface area (Å²) in [6.45, 7) is 2.37. The molecule has 1 aromatic carbocycles. The van der Waals surface area contributed by atoms with Crippen LogP contribution in [0.1, 0.15) is 17.3 Å². The minimum Gasteiger partial charge on any atom is -0.492 e. The number of anilines is 2. The first-order valence-electron chi connectivity index (χ1n) is 6.16. The molecule has 0 bridgehead atoms. The third kappa shape index (κ3) is 3.77. The van der Waals surface area contributed by atoms with Crippen LogP contribution in [0.4, 0.5) is 11.4 Å². The number of hydrogen-bond donors (Lipinski definition) is 2. The van der Waals surface area contributed by atoms with E-state index in [1.165, 1.54) is 12.3 Å². The van der Waals surface area contributed by atoms with Gasteiger partial charge >= 0.3 is 0 Å². The second-order valence-electron chi connectivity index (χ2n) is 4.14. The quantitative estimate of drug-likeness (QED) is 0.841. The molecule has 3 N–H and O–H groups in total. The summed E-state index contributed by atoms with van der Waals surface area (Å²) in [5.74, 6) is 0.140. The first-order valence-corrected chi connectivity index (χ1v) is 6.91. The number of nitrogen functional groups attached to an aromatic ring is 1. The Morgan fingerprint density at radius 3 is 2.81 bits per heavy atom. The van der Waals surface area contributed by atoms with E-state index in [2.05, 4.69) is 10.3 Å². The highest BCUT2D eigenvalue weighted by Crippen LogP contribution is 2.28. The molecule has 0 saturated carbocycles. The van der Waals surface area contributed by atoms with E-state index in [4.69, 9.17) is 33.7 Å². The summed E-state index contributed by atoms with van der Waals surface area (Å²) in [5, 5.41) is 3.17. The van der Waals surface area contributed by atoms with Gasteiger partial charge in [-0.1, -0.05) is 23.2 Å². The minimum absolute atomic E-state index is 0.0822. The fraction of sp³-hybridized carbons (Fsp3) is 0.143. The maximum absolute atomic E-state index is 12.1. The van der Waals surface area contributed by atoms with E-state index in [0.29, 0.717) is 28.8 Å². The summed E-state index contributed by atoms with van der Waals surface area (Å²) >= 11 is 11.9. The van der Waals surface area contributed by atoms with Crippen molar-refractivity contribution in [2.45, 2.75) is 6.92 Å². The van der Waals surface area contributed by atoms with Crippen LogP contribution in [0.15, 0.2) is 30.5 Å². The van der Waals surface area contributed by atoms with Gasteiger partial charge in [0.25, 0.3) is 5.91 Å². The molecule has 7 heteroatoms. The third-order valence-electron chi connectivity index (χ3n) is 2.59. The molecule has 1 amide bonds. The van der Waals surface area contributed by atoms with Crippen LogP contribution in [0.5, 0.6) is 5.75 Å². The number of carbonyl (C=O) groups is 1. The van der Waals surface area contributed by atoms with E-state index in [1.807, 2.05) is 6.92 Å². The van der Waals surface area contributed by atoms with Crippen molar-refractivity contribution < 1.29 is 9.53 Å². The Morgan fingerprint density at radius 2 is 2.14 bits per heavy atom. The Morgan fingerprint density at radius 1 is 1.38 bits per heavy atom. The summed E-state index contributed by atoms with van der Waals surface area (Å²) in [6.07, 6.45) is 1.38. The lowest BCUT2D eigenvalue weighted by Crippen LogP contribution is -2.13. The number of rotatable bonds is 4. The van der Waals surface area contributed by atoms with Gasteiger partial charge < -0.3 is 15.8 Å². The summed E-state index contributed by atoms with van der Waals surface area (Å²) in [7, 11) is 0. The number of nitrogens with two attached hydrogens (primary N) is 1. The molecule has 0 saturated heterocycles. The zero-order valence-corrected chi connectivity index (χ0v) is 12.7. The van der Waals surface area contributed by atoms with Gasteiger partial charge in [-0.15, -0.1) is 0 Å². The molecule has 0 aliphatic rings. The third-order valence-corrected chi connectivity index (χ3v) is 3.19. The number of nitrogens with zero attached hydrogens (tertiary/aromatic N) is 1. The second kappa shape index (κ2) is 6.65. The lowest BCUT2D eigenvalue weighted by atomic mass is 10.2. The summed E-state index contributed by atoms with van der Waals surface area (Å²) in [5.41, 5.74) is 6.67. The molecule has 0 aliphatic heterocycles. The van der Waals surface area contributed by atoms with Crippen molar-refractivity contribution in [2.75, 3.05) is 17.7 Å². The van der Waals surface area contributed by atoms with Gasteiger partial charge in [0.1, 0.15) is 10.9 Å². The van der Waals surface area contributed by atoms with Crippen LogP contribution in [0.3, 0.4) is 0 Å². The molecule has 5 nitrogen and oxygen atoms in total. The lowest BCUT2D eigenvalue weighted by molar-refractivity contribution is 0.102. The molecular formula is C14H13Cl2N3O2. The average Bonchev–Trinajstić information content (AvgIpc) is 2.44. The number of carbonyl (C=O) groups excluding carboxylic acids is 1. The first-order chi connectivity index (χ1) is 10.0. The van der Waals surface area contributed by atoms with Gasteiger partial charge in [-0.3, -0.25) is 4.79 Å². The Labute approximate surface area is 132 Å². The fourth-order valence-corrected chi connectivity index (χ4v) is 2.10. The Bertz CT molecular complexity index is 677. The van der Waals surface area contributed by atoms with Crippen molar-refractivity contribution in [1.29, 1.82) is 0 Å². The molecule has 0 unspecified atom stereocenters. The predicted molar refractivity (Wildman–Crippen MR) is 84.2 cm³/mol. The lowest BCUT2D eigenvalue weighted by Gasteiger charge is -2.10. The van der Waals surface area contributed by atoms with Crippen molar-refractivity contribution in [3.8, 4) is 5.75 Å². The van der Waals surface area contributed by atoms with Crippen LogP contribution in [0.25, 0.3) is 0 Å². The maximum atomic E-state index is 12.1. The second-order valence-corrected chi connectivity index (χ2v) is 4.90. The number of hydrogen-bond acceptors (Lipinski definition) is 4. The SMILES string of the molecule is CCOc1ccc(NC(=O)c2cc(N)cnc2Cl)cc1Cl. The molecule has 21 heavy (non-hydrogen) atoms. The van der Waals surface area contributed by atoms with E-state index >= 15 is 0 Å². The highest BCUT2D eigenvalue weighted by atomic mass is 35.5. The number of aromatic nitrogens is 1. The van der Waals surface area contributed by atoms with E-state index in [9.17, 15) is 4.79 Å². The molecule has 0 fully saturated rings. The smallest absolute Gasteiger partial charge is 0.258 e. The standard InChI is InChI=1S/C14H13Cl2N3O2/c1-2-21-12-4-3-9(6-11(12)15)19-14(20)10-5-8(17)7-18-13(10)16/h3-7H,2,17H2,1H3,(H,19,20). The van der Waals surface area contributed by atoms with Crippen LogP contribution in [-0.4, -0.2) is 17.5 Å². The number of halogens is 2. The van der Waals surface area contributed by atoms with Gasteiger partial charge in [0.05, 0.1) is 29.1 Å². The van der Waals surface area contributed by atoms with Crippen molar-refractivity contribution in [3.63, 3.8) is 0 Å². The van der Waals surface area contributed by atoms with Crippen molar-refractivity contribution >= 4 is 40.5 Å². The van der Waals surface area contributed by atoms with Gasteiger partial charge in [-0.25, -0.2) is 4.98 Å². The largest absolute Gasteiger partial charge is 0.492 e. The molecule has 0 atom stereocenters. The van der Waals surface area contributed by atoms with Crippen LogP contribution in [0.2, 0.25) is 10.2 Å². The molecular weight excluding hydrogens is 313 g/mol. The fourth-order valence-electron chi connectivity index (χ4n) is 1.67. The van der Waals surface area contributed by atoms with Crippen LogP contribution >= 0.6 is 23.2 Å². The number of amides is 1. The van der Waals surface area contributed by atoms with E-state index in [-0.39, 0.29) is 10.7 Å². The maximum Gasteiger partial charge on any atom is 0.258 e. The van der Waals surface area contributed by atoms with Gasteiger partial charge in [0, 0.05) is 5.69 Å². The van der Waals surface area contributed by atoms with Crippen molar-refractivity contribution in [1.82, 2.24) is 4.98 Å². The van der Waals surface area contributed by atoms with Crippen molar-refractivity contribution in [3.05, 3.63) is 46.2 Å². The first kappa shape index (κ1) is 15.4. The van der Waals surface area contributed by atoms with Gasteiger partial charge in [-0.2, -0.15) is 0 Å². The normalized spacial score (nSPS) is 10.2. The topological polar surface area (TPSA) is 77.2 Å². The Kier molecular flexibility index (Phi) is 4.88. The highest BCUT2D eigenvalue weighted by Gasteiger charge is 2.13. The molecule has 0 aliphatic carbocycles. The Balaban J connectivity index is 2.19. The number of ether oxygens (including phenoxy) is 1. The summed E-state index contributed by atoms with van der Waals surface area (Å²) in [4.78, 5) is 16.0. The van der Waals surface area contributed by atoms with Crippen LogP contribution in [0, 0.1) is 0 Å². The molecule has 1 aromatic heterocycles. The molecule has 0 spiro atoms. The predicted octanol–water partition coefficient (Wildman–Crippen LogP) is 3.62. The molecule has 1 heterocycles. The molecule has 2 aromatic rings. The van der Waals surface area contributed by atoms with Gasteiger partial charge in [-0.05, 0) is 31.2 Å². The molecule has 110 valence electrons. The zero-order chi connectivity index (χ0) is 15.4. The number of pyridine rings is 1. The highest BCUT2D eigenvalue weighted by molar-refractivity contribution is 6.33. The minimum atomic E-state index is -0.417.